The first kappa shape index (κ1) is 22.8. The lowest BCUT2D eigenvalue weighted by atomic mass is 9.67. The van der Waals surface area contributed by atoms with Crippen molar-refractivity contribution in [2.24, 2.45) is 0 Å². The largest absolute Gasteiger partial charge is 0.480 e. The molecule has 2 bridgehead atoms. The normalized spacial score (nSPS) is 29.7. The van der Waals surface area contributed by atoms with Gasteiger partial charge in [0.1, 0.15) is 11.4 Å². The van der Waals surface area contributed by atoms with E-state index < -0.39 is 17.0 Å². The molecule has 0 unspecified atom stereocenters. The smallest absolute Gasteiger partial charge is 0.262 e. The van der Waals surface area contributed by atoms with E-state index in [1.54, 1.807) is 12.3 Å². The van der Waals surface area contributed by atoms with Crippen molar-refractivity contribution in [3.05, 3.63) is 58.0 Å². The van der Waals surface area contributed by atoms with Crippen LogP contribution < -0.4 is 20.9 Å². The zero-order valence-electron chi connectivity index (χ0n) is 20.1. The van der Waals surface area contributed by atoms with Crippen LogP contribution in [0.4, 0.5) is 10.1 Å². The summed E-state index contributed by atoms with van der Waals surface area (Å²) >= 11 is 0. The van der Waals surface area contributed by atoms with Crippen molar-refractivity contribution in [3.8, 4) is 5.75 Å². The summed E-state index contributed by atoms with van der Waals surface area (Å²) in [6.07, 6.45) is 6.00. The molecular formula is C26H26FN5O5. The molecule has 3 N–H and O–H groups in total. The van der Waals surface area contributed by atoms with Crippen LogP contribution in [0.3, 0.4) is 0 Å². The Morgan fingerprint density at radius 1 is 1.16 bits per heavy atom. The third-order valence-corrected chi connectivity index (χ3v) is 8.43. The molecule has 4 aliphatic heterocycles. The van der Waals surface area contributed by atoms with E-state index in [4.69, 9.17) is 9.47 Å². The molecule has 0 aromatic carbocycles. The highest BCUT2D eigenvalue weighted by Crippen LogP contribution is 2.51. The number of aliphatic hydroxyl groups is 1. The first-order valence-corrected chi connectivity index (χ1v) is 12.5. The van der Waals surface area contributed by atoms with Gasteiger partial charge in [0.25, 0.3) is 11.5 Å². The Morgan fingerprint density at radius 2 is 2.00 bits per heavy atom. The number of aromatic nitrogens is 3. The topological polar surface area (TPSA) is 128 Å². The number of halogens is 1. The van der Waals surface area contributed by atoms with Crippen molar-refractivity contribution in [3.63, 3.8) is 0 Å². The van der Waals surface area contributed by atoms with Crippen molar-refractivity contribution >= 4 is 22.6 Å². The summed E-state index contributed by atoms with van der Waals surface area (Å²) in [5.41, 5.74) is -0.271. The highest BCUT2D eigenvalue weighted by molar-refractivity contribution is 5.95. The van der Waals surface area contributed by atoms with E-state index in [1.807, 2.05) is 6.07 Å². The molecule has 7 heterocycles. The molecule has 3 fully saturated rings. The van der Waals surface area contributed by atoms with Crippen LogP contribution in [0.2, 0.25) is 0 Å². The number of nitrogens with one attached hydrogen (secondary N) is 2. The third kappa shape index (κ3) is 3.56. The standard InChI is InChI=1S/C26H26FN5O5/c27-16-9-29-17-1-2-21(34)32-13-26(35,22(16)23(17)32)12-25-5-3-24(4-6-25,14-37-25)30-8-15-7-18-19(10-28-15)36-11-20(33)31-18/h1-2,7,9-10,30,35H,3-6,8,11-14H2,(H,31,33)/t24?,25?,26-/m0/s1. The first-order chi connectivity index (χ1) is 17.8. The minimum Gasteiger partial charge on any atom is -0.480 e. The van der Waals surface area contributed by atoms with Gasteiger partial charge in [0, 0.05) is 30.1 Å². The zero-order valence-corrected chi connectivity index (χ0v) is 20.1. The molecule has 10 nitrogen and oxygen atoms in total. The van der Waals surface area contributed by atoms with Crippen molar-refractivity contribution in [1.82, 2.24) is 19.9 Å². The second-order valence-electron chi connectivity index (χ2n) is 10.8. The van der Waals surface area contributed by atoms with Crippen LogP contribution in [0.1, 0.15) is 43.4 Å². The van der Waals surface area contributed by atoms with Crippen molar-refractivity contribution in [1.29, 1.82) is 0 Å². The van der Waals surface area contributed by atoms with E-state index in [2.05, 4.69) is 20.6 Å². The monoisotopic (exact) mass is 507 g/mol. The van der Waals surface area contributed by atoms with Crippen molar-refractivity contribution in [2.75, 3.05) is 18.5 Å². The summed E-state index contributed by atoms with van der Waals surface area (Å²) in [6, 6.07) is 4.78. The molecule has 1 amide bonds. The van der Waals surface area contributed by atoms with Gasteiger partial charge in [-0.05, 0) is 37.8 Å². The number of fused-ring (bicyclic) bond motifs is 4. The summed E-state index contributed by atoms with van der Waals surface area (Å²) in [7, 11) is 0. The second kappa shape index (κ2) is 7.80. The van der Waals surface area contributed by atoms with Gasteiger partial charge < -0.3 is 29.8 Å². The summed E-state index contributed by atoms with van der Waals surface area (Å²) in [5, 5.41) is 18.2. The number of carbonyl (C=O) groups excluding carboxylic acids is 1. The Kier molecular flexibility index (Phi) is 4.80. The molecule has 37 heavy (non-hydrogen) atoms. The number of hydrogen-bond acceptors (Lipinski definition) is 8. The van der Waals surface area contributed by atoms with Crippen LogP contribution in [0, 0.1) is 5.82 Å². The zero-order chi connectivity index (χ0) is 25.4. The van der Waals surface area contributed by atoms with Crippen LogP contribution in [0.25, 0.3) is 11.0 Å². The Hall–Kier alpha value is -3.41. The molecule has 3 aromatic heterocycles. The van der Waals surface area contributed by atoms with E-state index in [0.29, 0.717) is 48.5 Å². The molecule has 5 aliphatic rings. The molecule has 1 aliphatic carbocycles. The lowest BCUT2D eigenvalue weighted by Crippen LogP contribution is -2.62. The Labute approximate surface area is 210 Å². The quantitative estimate of drug-likeness (QED) is 0.477. The van der Waals surface area contributed by atoms with Gasteiger partial charge in [-0.3, -0.25) is 19.6 Å². The molecule has 8 rings (SSSR count). The summed E-state index contributed by atoms with van der Waals surface area (Å²) < 4.78 is 28.2. The minimum atomic E-state index is -1.55. The van der Waals surface area contributed by atoms with Crippen LogP contribution in [0.5, 0.6) is 5.75 Å². The molecule has 2 saturated heterocycles. The van der Waals surface area contributed by atoms with Gasteiger partial charge in [0.15, 0.2) is 12.4 Å². The van der Waals surface area contributed by atoms with Crippen LogP contribution in [-0.4, -0.2) is 49.9 Å². The number of nitrogens with zero attached hydrogens (tertiary/aromatic N) is 3. The van der Waals surface area contributed by atoms with E-state index in [0.717, 1.165) is 24.7 Å². The first-order valence-electron chi connectivity index (χ1n) is 12.5. The Morgan fingerprint density at radius 3 is 2.78 bits per heavy atom. The van der Waals surface area contributed by atoms with E-state index >= 15 is 0 Å². The van der Waals surface area contributed by atoms with Gasteiger partial charge in [-0.25, -0.2) is 4.39 Å². The number of carbonyl (C=O) groups is 1. The van der Waals surface area contributed by atoms with Crippen LogP contribution in [-0.2, 0) is 28.2 Å². The fraction of sp³-hybridized carbons (Fsp3) is 0.462. The van der Waals surface area contributed by atoms with Crippen molar-refractivity contribution in [2.45, 2.75) is 61.9 Å². The number of rotatable bonds is 5. The Balaban J connectivity index is 1.07. The van der Waals surface area contributed by atoms with E-state index in [1.165, 1.54) is 10.6 Å². The Bertz CT molecular complexity index is 1500. The molecule has 0 spiro atoms. The minimum absolute atomic E-state index is 0.00882. The number of pyridine rings is 3. The summed E-state index contributed by atoms with van der Waals surface area (Å²) in [5.74, 6) is -0.239. The van der Waals surface area contributed by atoms with Gasteiger partial charge >= 0.3 is 0 Å². The molecule has 3 aromatic rings. The maximum Gasteiger partial charge on any atom is 0.262 e. The van der Waals surface area contributed by atoms with Gasteiger partial charge in [-0.15, -0.1) is 0 Å². The lowest BCUT2D eigenvalue weighted by molar-refractivity contribution is -0.192. The molecule has 1 atom stereocenters. The van der Waals surface area contributed by atoms with Crippen molar-refractivity contribution < 1.29 is 23.8 Å². The van der Waals surface area contributed by atoms with Crippen LogP contribution in [0.15, 0.2) is 35.4 Å². The van der Waals surface area contributed by atoms with E-state index in [-0.39, 0.29) is 42.1 Å². The fourth-order valence-corrected chi connectivity index (χ4v) is 6.48. The maximum atomic E-state index is 15.0. The van der Waals surface area contributed by atoms with Gasteiger partial charge in [0.05, 0.1) is 53.6 Å². The average molecular weight is 508 g/mol. The summed E-state index contributed by atoms with van der Waals surface area (Å²) in [4.78, 5) is 32.7. The predicted octanol–water partition coefficient (Wildman–Crippen LogP) is 1.72. The fourth-order valence-electron chi connectivity index (χ4n) is 6.48. The maximum absolute atomic E-state index is 15.0. The number of hydrogen-bond donors (Lipinski definition) is 3. The van der Waals surface area contributed by atoms with Crippen LogP contribution >= 0.6 is 0 Å². The van der Waals surface area contributed by atoms with E-state index in [9.17, 15) is 19.1 Å². The average Bonchev–Trinajstić information content (AvgIpc) is 3.21. The van der Waals surface area contributed by atoms with Gasteiger partial charge in [-0.1, -0.05) is 0 Å². The molecule has 1 saturated carbocycles. The SMILES string of the molecule is O=C1COc2cnc(CNC34CCC(C[C@]5(O)Cn6c(=O)ccc7ncc(F)c5c76)(CC3)OC4)cc2N1. The number of anilines is 1. The molecule has 192 valence electrons. The summed E-state index contributed by atoms with van der Waals surface area (Å²) in [6.45, 7) is 0.932. The highest BCUT2D eigenvalue weighted by atomic mass is 19.1. The molecule has 11 heteroatoms. The predicted molar refractivity (Wildman–Crippen MR) is 130 cm³/mol. The second-order valence-corrected chi connectivity index (χ2v) is 10.8. The molecule has 0 radical (unpaired) electrons. The van der Waals surface area contributed by atoms with Gasteiger partial charge in [0.2, 0.25) is 0 Å². The molecular weight excluding hydrogens is 481 g/mol. The van der Waals surface area contributed by atoms with Gasteiger partial charge in [-0.2, -0.15) is 0 Å². The number of ether oxygens (including phenoxy) is 2. The highest BCUT2D eigenvalue weighted by Gasteiger charge is 2.55. The third-order valence-electron chi connectivity index (χ3n) is 8.43. The lowest BCUT2D eigenvalue weighted by Gasteiger charge is -2.55. The number of amides is 1.